The van der Waals surface area contributed by atoms with Crippen LogP contribution in [-0.4, -0.2) is 24.6 Å². The number of nitrogens with zero attached hydrogens (tertiary/aromatic N) is 1. The highest BCUT2D eigenvalue weighted by Crippen LogP contribution is 2.12. The molecule has 1 unspecified atom stereocenters. The van der Waals surface area contributed by atoms with Crippen LogP contribution in [0.25, 0.3) is 0 Å². The highest BCUT2D eigenvalue weighted by atomic mass is 15.0. The van der Waals surface area contributed by atoms with Gasteiger partial charge in [0.25, 0.3) is 0 Å². The van der Waals surface area contributed by atoms with E-state index in [1.807, 2.05) is 19.3 Å². The minimum Gasteiger partial charge on any atom is -0.318 e. The van der Waals surface area contributed by atoms with Gasteiger partial charge < -0.3 is 10.6 Å². The van der Waals surface area contributed by atoms with Gasteiger partial charge in [0.15, 0.2) is 0 Å². The molecule has 2 heterocycles. The summed E-state index contributed by atoms with van der Waals surface area (Å²) in [6.45, 7) is 1.96. The van der Waals surface area contributed by atoms with Crippen LogP contribution in [0, 0.1) is 0 Å². The summed E-state index contributed by atoms with van der Waals surface area (Å²) < 4.78 is 0. The van der Waals surface area contributed by atoms with Gasteiger partial charge in [-0.05, 0) is 18.7 Å². The predicted octanol–water partition coefficient (Wildman–Crippen LogP) is 0.315. The van der Waals surface area contributed by atoms with Crippen molar-refractivity contribution in [3.05, 3.63) is 29.6 Å². The van der Waals surface area contributed by atoms with Crippen molar-refractivity contribution in [2.45, 2.75) is 19.0 Å². The van der Waals surface area contributed by atoms with E-state index in [1.54, 1.807) is 0 Å². The number of rotatable bonds is 2. The van der Waals surface area contributed by atoms with Crippen molar-refractivity contribution >= 4 is 0 Å². The van der Waals surface area contributed by atoms with Gasteiger partial charge in [-0.2, -0.15) is 0 Å². The van der Waals surface area contributed by atoms with Gasteiger partial charge in [-0.15, -0.1) is 0 Å². The van der Waals surface area contributed by atoms with Crippen molar-refractivity contribution in [2.24, 2.45) is 0 Å². The van der Waals surface area contributed by atoms with Gasteiger partial charge in [0.05, 0.1) is 0 Å². The molecule has 2 rings (SSSR count). The molecule has 0 radical (unpaired) electrons. The van der Waals surface area contributed by atoms with Gasteiger partial charge in [-0.25, -0.2) is 0 Å². The molecule has 0 aromatic carbocycles. The van der Waals surface area contributed by atoms with E-state index in [2.05, 4.69) is 21.7 Å². The second-order valence-corrected chi connectivity index (χ2v) is 3.45. The van der Waals surface area contributed by atoms with E-state index in [0.29, 0.717) is 6.04 Å². The molecule has 0 spiro atoms. The van der Waals surface area contributed by atoms with Crippen molar-refractivity contribution in [2.75, 3.05) is 13.6 Å². The second kappa shape index (κ2) is 3.85. The van der Waals surface area contributed by atoms with Crippen molar-refractivity contribution in [1.82, 2.24) is 15.6 Å². The Bertz CT molecular complexity index is 285. The molecular weight excluding hydrogens is 162 g/mol. The van der Waals surface area contributed by atoms with Crippen molar-refractivity contribution in [1.29, 1.82) is 0 Å². The fourth-order valence-electron chi connectivity index (χ4n) is 1.77. The minimum atomic E-state index is 0.535. The van der Waals surface area contributed by atoms with E-state index < -0.39 is 0 Å². The van der Waals surface area contributed by atoms with Gasteiger partial charge >= 0.3 is 0 Å². The van der Waals surface area contributed by atoms with Crippen molar-refractivity contribution in [3.63, 3.8) is 0 Å². The Hall–Kier alpha value is -0.930. The van der Waals surface area contributed by atoms with E-state index >= 15 is 0 Å². The molecule has 0 bridgehead atoms. The molecular formula is C10H15N3. The molecule has 13 heavy (non-hydrogen) atoms. The van der Waals surface area contributed by atoms with Crippen LogP contribution < -0.4 is 10.6 Å². The molecule has 70 valence electrons. The summed E-state index contributed by atoms with van der Waals surface area (Å²) in [4.78, 5) is 4.38. The Morgan fingerprint density at radius 3 is 3.46 bits per heavy atom. The summed E-state index contributed by atoms with van der Waals surface area (Å²) in [5, 5.41) is 6.65. The molecule has 3 nitrogen and oxygen atoms in total. The summed E-state index contributed by atoms with van der Waals surface area (Å²) in [6.07, 6.45) is 2.91. The van der Waals surface area contributed by atoms with Crippen LogP contribution in [0.3, 0.4) is 0 Å². The monoisotopic (exact) mass is 177 g/mol. The molecule has 0 saturated heterocycles. The van der Waals surface area contributed by atoms with Gasteiger partial charge in [-0.1, -0.05) is 6.07 Å². The molecule has 1 aliphatic rings. The average Bonchev–Trinajstić information content (AvgIpc) is 2.18. The second-order valence-electron chi connectivity index (χ2n) is 3.45. The lowest BCUT2D eigenvalue weighted by atomic mass is 10.0. The van der Waals surface area contributed by atoms with E-state index in [0.717, 1.165) is 19.5 Å². The summed E-state index contributed by atoms with van der Waals surface area (Å²) in [5.74, 6) is 0. The minimum absolute atomic E-state index is 0.535. The Morgan fingerprint density at radius 2 is 2.62 bits per heavy atom. The first-order chi connectivity index (χ1) is 6.40. The molecule has 1 aliphatic heterocycles. The zero-order valence-electron chi connectivity index (χ0n) is 7.88. The highest BCUT2D eigenvalue weighted by molar-refractivity contribution is 5.23. The van der Waals surface area contributed by atoms with Crippen LogP contribution in [0.2, 0.25) is 0 Å². The topological polar surface area (TPSA) is 37.0 Å². The third kappa shape index (κ3) is 1.87. The number of fused-ring (bicyclic) bond motifs is 1. The van der Waals surface area contributed by atoms with E-state index in [9.17, 15) is 0 Å². The number of likely N-dealkylation sites (N-methyl/N-ethyl adjacent to an activating group) is 1. The summed E-state index contributed by atoms with van der Waals surface area (Å²) >= 11 is 0. The Labute approximate surface area is 78.6 Å². The smallest absolute Gasteiger partial charge is 0.0464 e. The molecule has 0 amide bonds. The standard InChI is InChI=1S/C10H15N3/c1-11-7-9-5-10-8(6-13-9)3-2-4-12-10/h2-4,9,11,13H,5-7H2,1H3. The Morgan fingerprint density at radius 1 is 1.69 bits per heavy atom. The van der Waals surface area contributed by atoms with Gasteiger partial charge in [0.1, 0.15) is 0 Å². The zero-order valence-corrected chi connectivity index (χ0v) is 7.88. The number of nitrogens with one attached hydrogen (secondary N) is 2. The third-order valence-corrected chi connectivity index (χ3v) is 2.46. The maximum absolute atomic E-state index is 4.38. The van der Waals surface area contributed by atoms with Crippen molar-refractivity contribution < 1.29 is 0 Å². The normalized spacial score (nSPS) is 21.2. The predicted molar refractivity (Wildman–Crippen MR) is 52.5 cm³/mol. The number of hydrogen-bond acceptors (Lipinski definition) is 3. The fraction of sp³-hybridized carbons (Fsp3) is 0.500. The molecule has 2 N–H and O–H groups in total. The lowest BCUT2D eigenvalue weighted by Gasteiger charge is -2.24. The molecule has 0 saturated carbocycles. The lowest BCUT2D eigenvalue weighted by molar-refractivity contribution is 0.456. The Balaban J connectivity index is 2.11. The third-order valence-electron chi connectivity index (χ3n) is 2.46. The van der Waals surface area contributed by atoms with Crippen LogP contribution in [-0.2, 0) is 13.0 Å². The van der Waals surface area contributed by atoms with Crippen LogP contribution in [0.5, 0.6) is 0 Å². The summed E-state index contributed by atoms with van der Waals surface area (Å²) in [5.41, 5.74) is 2.59. The highest BCUT2D eigenvalue weighted by Gasteiger charge is 2.17. The average molecular weight is 177 g/mol. The maximum atomic E-state index is 4.38. The molecule has 1 aromatic rings. The van der Waals surface area contributed by atoms with Gasteiger partial charge in [0, 0.05) is 37.4 Å². The zero-order chi connectivity index (χ0) is 9.10. The molecule has 0 aliphatic carbocycles. The van der Waals surface area contributed by atoms with E-state index in [-0.39, 0.29) is 0 Å². The van der Waals surface area contributed by atoms with Crippen LogP contribution in [0.1, 0.15) is 11.3 Å². The maximum Gasteiger partial charge on any atom is 0.0464 e. The summed E-state index contributed by atoms with van der Waals surface area (Å²) in [6, 6.07) is 4.68. The lowest BCUT2D eigenvalue weighted by Crippen LogP contribution is -2.42. The SMILES string of the molecule is CNCC1Cc2ncccc2CN1. The molecule has 1 aromatic heterocycles. The van der Waals surface area contributed by atoms with E-state index in [1.165, 1.54) is 11.3 Å². The van der Waals surface area contributed by atoms with Crippen LogP contribution >= 0.6 is 0 Å². The van der Waals surface area contributed by atoms with Crippen LogP contribution in [0.4, 0.5) is 0 Å². The number of hydrogen-bond donors (Lipinski definition) is 2. The first-order valence-electron chi connectivity index (χ1n) is 4.71. The molecule has 1 atom stereocenters. The largest absolute Gasteiger partial charge is 0.318 e. The van der Waals surface area contributed by atoms with Crippen molar-refractivity contribution in [3.8, 4) is 0 Å². The molecule has 0 fully saturated rings. The first-order valence-corrected chi connectivity index (χ1v) is 4.71. The molecule has 3 heteroatoms. The van der Waals surface area contributed by atoms with E-state index in [4.69, 9.17) is 0 Å². The fourth-order valence-corrected chi connectivity index (χ4v) is 1.77. The van der Waals surface area contributed by atoms with Crippen LogP contribution in [0.15, 0.2) is 18.3 Å². The first kappa shape index (κ1) is 8.66. The number of pyridine rings is 1. The Kier molecular flexibility index (Phi) is 2.57. The van der Waals surface area contributed by atoms with Gasteiger partial charge in [-0.3, -0.25) is 4.98 Å². The summed E-state index contributed by atoms with van der Waals surface area (Å²) in [7, 11) is 1.98. The quantitative estimate of drug-likeness (QED) is 0.683. The van der Waals surface area contributed by atoms with Gasteiger partial charge in [0.2, 0.25) is 0 Å². The number of aromatic nitrogens is 1.